The van der Waals surface area contributed by atoms with E-state index in [1.807, 2.05) is 0 Å². The molecule has 31 heavy (non-hydrogen) atoms. The van der Waals surface area contributed by atoms with Crippen molar-refractivity contribution in [3.8, 4) is 0 Å². The third-order valence-electron chi connectivity index (χ3n) is 4.01. The molecule has 2 N–H and O–H groups in total. The van der Waals surface area contributed by atoms with E-state index in [9.17, 15) is 30.8 Å². The lowest BCUT2D eigenvalue weighted by Crippen LogP contribution is -2.19. The van der Waals surface area contributed by atoms with Crippen molar-refractivity contribution in [1.29, 1.82) is 0 Å². The number of nitrogens with zero attached hydrogens (tertiary/aromatic N) is 1. The molecule has 1 aromatic heterocycles. The Morgan fingerprint density at radius 1 is 1.16 bits per heavy atom. The van der Waals surface area contributed by atoms with Gasteiger partial charge in [-0.2, -0.15) is 13.2 Å². The van der Waals surface area contributed by atoms with Crippen LogP contribution in [0.2, 0.25) is 5.02 Å². The number of anilines is 2. The molecule has 0 radical (unpaired) electrons. The number of benzene rings is 2. The quantitative estimate of drug-likeness (QED) is 0.512. The molecule has 1 amide bonds. The van der Waals surface area contributed by atoms with Crippen LogP contribution in [-0.2, 0) is 16.2 Å². The van der Waals surface area contributed by atoms with Gasteiger partial charge < -0.3 is 9.84 Å². The fourth-order valence-electron chi connectivity index (χ4n) is 2.55. The number of hydrogen-bond acceptors (Lipinski definition) is 5. The van der Waals surface area contributed by atoms with E-state index in [4.69, 9.17) is 16.1 Å². The van der Waals surface area contributed by atoms with Gasteiger partial charge in [-0.3, -0.25) is 9.52 Å². The van der Waals surface area contributed by atoms with Crippen LogP contribution in [0, 0.1) is 12.7 Å². The SMILES string of the molecule is Cc1oncc1C(=O)Nc1ccc(NS(=O)(=O)c2ccc(Cl)cc2F)c(C(F)(F)F)c1. The zero-order valence-electron chi connectivity index (χ0n) is 15.4. The summed E-state index contributed by atoms with van der Waals surface area (Å²) < 4.78 is 85.9. The third kappa shape index (κ3) is 4.97. The average molecular weight is 478 g/mol. The number of carbonyl (C=O) groups is 1. The molecule has 0 spiro atoms. The maximum atomic E-state index is 14.0. The minimum atomic E-state index is -5.00. The van der Waals surface area contributed by atoms with Crippen LogP contribution in [0.15, 0.2) is 52.0 Å². The van der Waals surface area contributed by atoms with E-state index >= 15 is 0 Å². The van der Waals surface area contributed by atoms with E-state index in [0.29, 0.717) is 12.1 Å². The van der Waals surface area contributed by atoms with Gasteiger partial charge in [0.1, 0.15) is 22.0 Å². The summed E-state index contributed by atoms with van der Waals surface area (Å²) in [6.07, 6.45) is -3.90. The van der Waals surface area contributed by atoms with Crippen LogP contribution >= 0.6 is 11.6 Å². The van der Waals surface area contributed by atoms with Gasteiger partial charge in [0.05, 0.1) is 17.4 Å². The van der Waals surface area contributed by atoms with Crippen LogP contribution in [-0.4, -0.2) is 19.5 Å². The number of carbonyl (C=O) groups excluding carboxylic acids is 1. The molecular formula is C18H12ClF4N3O4S. The number of sulfonamides is 1. The normalized spacial score (nSPS) is 11.9. The molecule has 0 aliphatic carbocycles. The standard InChI is InChI=1S/C18H12ClF4N3O4S/c1-9-12(8-24-30-9)17(27)25-11-3-4-15(13(7-11)18(21,22)23)26-31(28,29)16-5-2-10(19)6-14(16)20/h2-8,26H,1H3,(H,25,27). The van der Waals surface area contributed by atoms with E-state index in [1.54, 1.807) is 4.72 Å². The van der Waals surface area contributed by atoms with Crippen molar-refractivity contribution in [2.45, 2.75) is 18.0 Å². The second-order valence-electron chi connectivity index (χ2n) is 6.19. The summed E-state index contributed by atoms with van der Waals surface area (Å²) in [4.78, 5) is 11.3. The molecule has 13 heteroatoms. The average Bonchev–Trinajstić information content (AvgIpc) is 3.07. The monoisotopic (exact) mass is 477 g/mol. The maximum absolute atomic E-state index is 14.0. The zero-order valence-corrected chi connectivity index (χ0v) is 17.0. The highest BCUT2D eigenvalue weighted by Crippen LogP contribution is 2.38. The fraction of sp³-hybridized carbons (Fsp3) is 0.111. The Kier molecular flexibility index (Phi) is 5.96. The summed E-state index contributed by atoms with van der Waals surface area (Å²) in [5.41, 5.74) is -2.51. The summed E-state index contributed by atoms with van der Waals surface area (Å²) in [6, 6.07) is 5.00. The highest BCUT2D eigenvalue weighted by atomic mass is 35.5. The molecule has 0 saturated heterocycles. The van der Waals surface area contributed by atoms with Crippen LogP contribution in [0.4, 0.5) is 28.9 Å². The molecular weight excluding hydrogens is 466 g/mol. The Bertz CT molecular complexity index is 1260. The summed E-state index contributed by atoms with van der Waals surface area (Å²) in [6.45, 7) is 1.44. The number of aromatic nitrogens is 1. The first kappa shape index (κ1) is 22.6. The lowest BCUT2D eigenvalue weighted by molar-refractivity contribution is -0.136. The van der Waals surface area contributed by atoms with Gasteiger partial charge in [-0.1, -0.05) is 16.8 Å². The first-order chi connectivity index (χ1) is 14.4. The van der Waals surface area contributed by atoms with Gasteiger partial charge in [-0.05, 0) is 43.3 Å². The van der Waals surface area contributed by atoms with Crippen LogP contribution in [0.5, 0.6) is 0 Å². The van der Waals surface area contributed by atoms with Crippen molar-refractivity contribution < 1.29 is 35.3 Å². The minimum absolute atomic E-state index is 0.0107. The van der Waals surface area contributed by atoms with Gasteiger partial charge in [-0.15, -0.1) is 0 Å². The second-order valence-corrected chi connectivity index (χ2v) is 8.28. The van der Waals surface area contributed by atoms with Crippen molar-refractivity contribution in [2.24, 2.45) is 0 Å². The van der Waals surface area contributed by atoms with Crippen molar-refractivity contribution in [3.05, 3.63) is 70.3 Å². The number of alkyl halides is 3. The molecule has 1 heterocycles. The third-order valence-corrected chi connectivity index (χ3v) is 5.64. The van der Waals surface area contributed by atoms with Crippen molar-refractivity contribution in [2.75, 3.05) is 10.0 Å². The molecule has 0 aliphatic heterocycles. The second kappa shape index (κ2) is 8.19. The lowest BCUT2D eigenvalue weighted by atomic mass is 10.1. The number of nitrogens with one attached hydrogen (secondary N) is 2. The molecule has 0 unspecified atom stereocenters. The Hall–Kier alpha value is -3.12. The van der Waals surface area contributed by atoms with Gasteiger partial charge >= 0.3 is 6.18 Å². The smallest absolute Gasteiger partial charge is 0.361 e. The molecule has 0 fully saturated rings. The van der Waals surface area contributed by atoms with Gasteiger partial charge in [0.15, 0.2) is 0 Å². The molecule has 7 nitrogen and oxygen atoms in total. The molecule has 3 rings (SSSR count). The number of amides is 1. The Labute approximate surface area is 178 Å². The molecule has 2 aromatic carbocycles. The summed E-state index contributed by atoms with van der Waals surface area (Å²) in [5, 5.41) is 5.56. The van der Waals surface area contributed by atoms with Crippen LogP contribution in [0.1, 0.15) is 21.7 Å². The predicted molar refractivity (Wildman–Crippen MR) is 103 cm³/mol. The Morgan fingerprint density at radius 3 is 2.45 bits per heavy atom. The van der Waals surface area contributed by atoms with Crippen molar-refractivity contribution in [3.63, 3.8) is 0 Å². The fourth-order valence-corrected chi connectivity index (χ4v) is 3.85. The first-order valence-corrected chi connectivity index (χ1v) is 10.2. The minimum Gasteiger partial charge on any atom is -0.361 e. The highest BCUT2D eigenvalue weighted by molar-refractivity contribution is 7.92. The molecule has 3 aromatic rings. The predicted octanol–water partition coefficient (Wildman–Crippen LogP) is 4.85. The summed E-state index contributed by atoms with van der Waals surface area (Å²) >= 11 is 5.57. The lowest BCUT2D eigenvalue weighted by Gasteiger charge is -2.17. The summed E-state index contributed by atoms with van der Waals surface area (Å²) in [5.74, 6) is -1.85. The Balaban J connectivity index is 1.95. The molecule has 0 atom stereocenters. The molecule has 0 bridgehead atoms. The van der Waals surface area contributed by atoms with Crippen LogP contribution < -0.4 is 10.0 Å². The van der Waals surface area contributed by atoms with Gasteiger partial charge in [0.25, 0.3) is 15.9 Å². The van der Waals surface area contributed by atoms with E-state index in [0.717, 1.165) is 30.5 Å². The number of rotatable bonds is 5. The van der Waals surface area contributed by atoms with Crippen LogP contribution in [0.3, 0.4) is 0 Å². The van der Waals surface area contributed by atoms with Crippen LogP contribution in [0.25, 0.3) is 0 Å². The van der Waals surface area contributed by atoms with Crippen molar-refractivity contribution in [1.82, 2.24) is 5.16 Å². The largest absolute Gasteiger partial charge is 0.418 e. The first-order valence-electron chi connectivity index (χ1n) is 8.30. The van der Waals surface area contributed by atoms with Gasteiger partial charge in [-0.25, -0.2) is 12.8 Å². The zero-order chi connectivity index (χ0) is 23.0. The van der Waals surface area contributed by atoms with E-state index in [2.05, 4.69) is 10.5 Å². The summed E-state index contributed by atoms with van der Waals surface area (Å²) in [7, 11) is -4.71. The van der Waals surface area contributed by atoms with Gasteiger partial charge in [0.2, 0.25) is 0 Å². The van der Waals surface area contributed by atoms with E-state index < -0.39 is 44.1 Å². The Morgan fingerprint density at radius 2 is 1.87 bits per heavy atom. The van der Waals surface area contributed by atoms with E-state index in [1.165, 1.54) is 6.92 Å². The molecule has 164 valence electrons. The number of aryl methyl sites for hydroxylation is 1. The highest BCUT2D eigenvalue weighted by Gasteiger charge is 2.35. The molecule has 0 aliphatic rings. The van der Waals surface area contributed by atoms with E-state index in [-0.39, 0.29) is 22.0 Å². The van der Waals surface area contributed by atoms with Crippen molar-refractivity contribution >= 4 is 38.9 Å². The molecule has 0 saturated carbocycles. The topological polar surface area (TPSA) is 101 Å². The maximum Gasteiger partial charge on any atom is 0.418 e. The van der Waals surface area contributed by atoms with Gasteiger partial charge in [0, 0.05) is 10.7 Å². The number of hydrogen-bond donors (Lipinski definition) is 2. The number of halogens is 5.